The Bertz CT molecular complexity index is 461. The van der Waals surface area contributed by atoms with Crippen LogP contribution in [0.4, 0.5) is 0 Å². The minimum atomic E-state index is -4.94. The number of rotatable bonds is 0. The van der Waals surface area contributed by atoms with Gasteiger partial charge in [0.25, 0.3) is 0 Å². The van der Waals surface area contributed by atoms with Crippen molar-refractivity contribution in [3.8, 4) is 0 Å². The van der Waals surface area contributed by atoms with Crippen LogP contribution in [0.1, 0.15) is 5.69 Å². The second-order valence-corrected chi connectivity index (χ2v) is 3.65. The van der Waals surface area contributed by atoms with Crippen LogP contribution in [0.5, 0.6) is 0 Å². The molecule has 2 rings (SSSR count). The summed E-state index contributed by atoms with van der Waals surface area (Å²) >= 11 is 0. The lowest BCUT2D eigenvalue weighted by Crippen LogP contribution is -2.68. The largest absolute Gasteiger partial charge is 0.327 e. The summed E-state index contributed by atoms with van der Waals surface area (Å²) in [4.78, 5) is 4.20. The van der Waals surface area contributed by atoms with Crippen molar-refractivity contribution in [2.75, 3.05) is 0 Å². The lowest BCUT2D eigenvalue weighted by molar-refractivity contribution is -2.00. The SMILES string of the molecule is Cc1cccc2nccc[n+]12.[O-][Cl+3]([O-])([O-])[O-]. The fraction of sp³-hybridized carbons (Fsp3) is 0.111. The maximum atomic E-state index is 8.49. The Kier molecular flexibility index (Phi) is 4.11. The van der Waals surface area contributed by atoms with Gasteiger partial charge in [-0.25, -0.2) is 23.0 Å². The van der Waals surface area contributed by atoms with Gasteiger partial charge in [0.1, 0.15) is 18.1 Å². The highest BCUT2D eigenvalue weighted by molar-refractivity contribution is 5.27. The van der Waals surface area contributed by atoms with Crippen molar-refractivity contribution < 1.29 is 33.3 Å². The molecule has 0 saturated heterocycles. The lowest BCUT2D eigenvalue weighted by atomic mass is 10.3. The van der Waals surface area contributed by atoms with Crippen LogP contribution >= 0.6 is 0 Å². The molecule has 0 atom stereocenters. The molecule has 0 aliphatic rings. The summed E-state index contributed by atoms with van der Waals surface area (Å²) in [5.74, 6) is 0. The highest BCUT2D eigenvalue weighted by Crippen LogP contribution is 1.93. The number of aromatic nitrogens is 2. The Labute approximate surface area is 93.8 Å². The summed E-state index contributed by atoms with van der Waals surface area (Å²) in [6.45, 7) is 2.06. The van der Waals surface area contributed by atoms with Crippen molar-refractivity contribution in [3.63, 3.8) is 0 Å². The highest BCUT2D eigenvalue weighted by Gasteiger charge is 2.01. The molecule has 0 amide bonds. The van der Waals surface area contributed by atoms with Gasteiger partial charge in [-0.15, -0.1) is 10.2 Å². The van der Waals surface area contributed by atoms with Crippen molar-refractivity contribution in [1.82, 2.24) is 4.98 Å². The van der Waals surface area contributed by atoms with Crippen LogP contribution in [0.2, 0.25) is 0 Å². The van der Waals surface area contributed by atoms with Crippen LogP contribution in [0, 0.1) is 17.2 Å². The molecule has 0 radical (unpaired) electrons. The summed E-state index contributed by atoms with van der Waals surface area (Å²) < 4.78 is 36.0. The molecule has 16 heavy (non-hydrogen) atoms. The van der Waals surface area contributed by atoms with Gasteiger partial charge in [0.05, 0.1) is 0 Å². The van der Waals surface area contributed by atoms with E-state index in [4.69, 9.17) is 18.6 Å². The summed E-state index contributed by atoms with van der Waals surface area (Å²) in [6, 6.07) is 8.00. The van der Waals surface area contributed by atoms with Crippen molar-refractivity contribution in [2.24, 2.45) is 0 Å². The quantitative estimate of drug-likeness (QED) is 0.444. The number of fused-ring (bicyclic) bond motifs is 1. The molecule has 7 heteroatoms. The van der Waals surface area contributed by atoms with Gasteiger partial charge in [-0.05, 0) is 18.0 Å². The Morgan fingerprint density at radius 2 is 1.75 bits per heavy atom. The zero-order valence-electron chi connectivity index (χ0n) is 8.37. The Morgan fingerprint density at radius 1 is 1.12 bits per heavy atom. The molecule has 0 aromatic carbocycles. The van der Waals surface area contributed by atoms with Crippen molar-refractivity contribution in [3.05, 3.63) is 42.4 Å². The maximum Gasteiger partial charge on any atom is 0.327 e. The van der Waals surface area contributed by atoms with Gasteiger partial charge >= 0.3 is 5.65 Å². The molecule has 0 spiro atoms. The summed E-state index contributed by atoms with van der Waals surface area (Å²) in [7, 11) is -4.94. The second kappa shape index (κ2) is 5.15. The zero-order chi connectivity index (χ0) is 12.2. The first-order valence-corrected chi connectivity index (χ1v) is 5.45. The van der Waals surface area contributed by atoms with Crippen LogP contribution in [-0.2, 0) is 0 Å². The van der Waals surface area contributed by atoms with Crippen LogP contribution in [0.25, 0.3) is 5.65 Å². The molecule has 2 heterocycles. The molecule has 2 aromatic rings. The van der Waals surface area contributed by atoms with E-state index in [2.05, 4.69) is 22.4 Å². The molecule has 0 N–H and O–H groups in total. The average Bonchev–Trinajstić information content (AvgIpc) is 2.16. The smallest absolute Gasteiger partial charge is 0.222 e. The predicted molar refractivity (Wildman–Crippen MR) is 42.1 cm³/mol. The average molecular weight is 245 g/mol. The molecular weight excluding hydrogens is 236 g/mol. The van der Waals surface area contributed by atoms with Crippen molar-refractivity contribution in [2.45, 2.75) is 6.92 Å². The van der Waals surface area contributed by atoms with Crippen LogP contribution in [-0.4, -0.2) is 4.98 Å². The van der Waals surface area contributed by atoms with Gasteiger partial charge in [0, 0.05) is 12.1 Å². The number of hydrogen-bond acceptors (Lipinski definition) is 5. The number of nitrogens with zero attached hydrogens (tertiary/aromatic N) is 2. The molecule has 0 unspecified atom stereocenters. The van der Waals surface area contributed by atoms with Crippen molar-refractivity contribution >= 4 is 5.65 Å². The van der Waals surface area contributed by atoms with Gasteiger partial charge in [-0.2, -0.15) is 0 Å². The number of hydrogen-bond donors (Lipinski definition) is 0. The van der Waals surface area contributed by atoms with Crippen LogP contribution in [0.3, 0.4) is 0 Å². The molecule has 0 saturated carbocycles. The van der Waals surface area contributed by atoms with Gasteiger partial charge < -0.3 is 0 Å². The van der Waals surface area contributed by atoms with Gasteiger partial charge in [-0.3, -0.25) is 0 Å². The molecular formula is C9H9ClN2O4. The van der Waals surface area contributed by atoms with E-state index < -0.39 is 10.2 Å². The van der Waals surface area contributed by atoms with E-state index in [1.807, 2.05) is 24.4 Å². The molecule has 0 bridgehead atoms. The first-order chi connectivity index (χ1) is 7.38. The Hall–Kier alpha value is -1.31. The van der Waals surface area contributed by atoms with E-state index in [0.717, 1.165) is 5.65 Å². The molecule has 0 aliphatic carbocycles. The first-order valence-electron chi connectivity index (χ1n) is 4.22. The number of halogens is 1. The first kappa shape index (κ1) is 12.8. The van der Waals surface area contributed by atoms with Crippen LogP contribution < -0.4 is 23.0 Å². The standard InChI is InChI=1S/C9H9N2.ClHO4/c1-8-4-2-5-9-10-6-3-7-11(8)9;2-1(3,4)5/h2-7H,1H3;(H,2,3,4,5)/q+1;/p-1. The van der Waals surface area contributed by atoms with E-state index in [1.54, 1.807) is 6.20 Å². The zero-order valence-corrected chi connectivity index (χ0v) is 9.13. The molecule has 0 fully saturated rings. The van der Waals surface area contributed by atoms with E-state index in [0.29, 0.717) is 0 Å². The number of pyridine rings is 1. The lowest BCUT2D eigenvalue weighted by Gasteiger charge is -2.17. The van der Waals surface area contributed by atoms with Gasteiger partial charge in [0.15, 0.2) is 0 Å². The minimum absolute atomic E-state index is 0.993. The fourth-order valence-electron chi connectivity index (χ4n) is 1.16. The van der Waals surface area contributed by atoms with Crippen molar-refractivity contribution in [1.29, 1.82) is 0 Å². The van der Waals surface area contributed by atoms with E-state index in [9.17, 15) is 0 Å². The topological polar surface area (TPSA) is 109 Å². The van der Waals surface area contributed by atoms with Gasteiger partial charge in [0.2, 0.25) is 0 Å². The van der Waals surface area contributed by atoms with E-state index >= 15 is 0 Å². The second-order valence-electron chi connectivity index (χ2n) is 2.89. The normalized spacial score (nSPS) is 10.8. The molecule has 6 nitrogen and oxygen atoms in total. The monoisotopic (exact) mass is 244 g/mol. The minimum Gasteiger partial charge on any atom is -0.222 e. The Morgan fingerprint density at radius 3 is 2.31 bits per heavy atom. The van der Waals surface area contributed by atoms with Gasteiger partial charge in [-0.1, -0.05) is 6.07 Å². The number of aryl methyl sites for hydroxylation is 1. The third-order valence-electron chi connectivity index (χ3n) is 1.74. The molecule has 2 aromatic heterocycles. The molecule has 0 aliphatic heterocycles. The Balaban J connectivity index is 0.000000221. The maximum absolute atomic E-state index is 8.49. The predicted octanol–water partition coefficient (Wildman–Crippen LogP) is -3.63. The highest BCUT2D eigenvalue weighted by atomic mass is 35.7. The third-order valence-corrected chi connectivity index (χ3v) is 1.74. The summed E-state index contributed by atoms with van der Waals surface area (Å²) in [5.41, 5.74) is 2.20. The van der Waals surface area contributed by atoms with Crippen LogP contribution in [0.15, 0.2) is 36.7 Å². The third kappa shape index (κ3) is 4.47. The summed E-state index contributed by atoms with van der Waals surface area (Å²) in [6.07, 6.45) is 3.81. The van der Waals surface area contributed by atoms with E-state index in [-0.39, 0.29) is 0 Å². The van der Waals surface area contributed by atoms with E-state index in [1.165, 1.54) is 5.69 Å². The summed E-state index contributed by atoms with van der Waals surface area (Å²) in [5, 5.41) is 0. The fourth-order valence-corrected chi connectivity index (χ4v) is 1.16. The molecule has 86 valence electrons.